The molecule has 3 aromatic rings. The Hall–Kier alpha value is -2.76. The number of benzene rings is 2. The number of rotatable bonds is 2. The molecule has 0 aliphatic heterocycles. The fraction of sp³-hybridized carbons (Fsp3) is 0.0667. The monoisotopic (exact) mass is 287 g/mol. The van der Waals surface area contributed by atoms with Crippen LogP contribution < -0.4 is 0 Å². The smallest absolute Gasteiger partial charge is 0.135 e. The molecule has 4 nitrogen and oxygen atoms in total. The van der Waals surface area contributed by atoms with Crippen LogP contribution in [-0.4, -0.2) is 21.2 Å². The molecule has 0 radical (unpaired) electrons. The van der Waals surface area contributed by atoms with Crippen LogP contribution in [0.2, 0.25) is 0 Å². The highest BCUT2D eigenvalue weighted by Crippen LogP contribution is 2.30. The van der Waals surface area contributed by atoms with Crippen LogP contribution in [0.4, 0.5) is 8.78 Å². The SMILES string of the molecule is Cn1cc2c(-c3cc(F)c(/C=N/O)c(F)c3)cccc2n1. The standard InChI is InChI=1S/C15H11F2N3O/c1-20-8-12-10(3-2-4-15(12)19-20)9-5-13(16)11(7-18-21)14(17)6-9/h2-8,21H,1H3/b18-7+. The molecule has 0 atom stereocenters. The fourth-order valence-corrected chi connectivity index (χ4v) is 2.33. The van der Waals surface area contributed by atoms with Crippen molar-refractivity contribution in [2.75, 3.05) is 0 Å². The predicted molar refractivity (Wildman–Crippen MR) is 75.4 cm³/mol. The van der Waals surface area contributed by atoms with E-state index < -0.39 is 11.6 Å². The van der Waals surface area contributed by atoms with Crippen LogP contribution in [0.25, 0.3) is 22.0 Å². The van der Waals surface area contributed by atoms with Gasteiger partial charge in [0.1, 0.15) is 11.6 Å². The molecule has 1 aromatic heterocycles. The van der Waals surface area contributed by atoms with Gasteiger partial charge in [-0.25, -0.2) is 8.78 Å². The van der Waals surface area contributed by atoms with E-state index in [1.54, 1.807) is 30.1 Å². The third-order valence-corrected chi connectivity index (χ3v) is 3.24. The Morgan fingerprint density at radius 2 is 1.95 bits per heavy atom. The normalized spacial score (nSPS) is 11.6. The van der Waals surface area contributed by atoms with Gasteiger partial charge in [0.15, 0.2) is 0 Å². The predicted octanol–water partition coefficient (Wildman–Crippen LogP) is 3.33. The Balaban J connectivity index is 2.24. The van der Waals surface area contributed by atoms with E-state index >= 15 is 0 Å². The molecule has 21 heavy (non-hydrogen) atoms. The Morgan fingerprint density at radius 3 is 2.62 bits per heavy atom. The van der Waals surface area contributed by atoms with E-state index in [-0.39, 0.29) is 5.56 Å². The van der Waals surface area contributed by atoms with Gasteiger partial charge in [0.25, 0.3) is 0 Å². The summed E-state index contributed by atoms with van der Waals surface area (Å²) in [5.41, 5.74) is 1.46. The van der Waals surface area contributed by atoms with Crippen molar-refractivity contribution in [1.82, 2.24) is 9.78 Å². The van der Waals surface area contributed by atoms with Crippen molar-refractivity contribution in [3.05, 3.63) is 53.7 Å². The minimum Gasteiger partial charge on any atom is -0.411 e. The largest absolute Gasteiger partial charge is 0.411 e. The van der Waals surface area contributed by atoms with E-state index in [1.807, 2.05) is 6.07 Å². The summed E-state index contributed by atoms with van der Waals surface area (Å²) in [4.78, 5) is 0. The number of hydrogen-bond donors (Lipinski definition) is 1. The zero-order chi connectivity index (χ0) is 15.0. The Bertz CT molecular complexity index is 832. The van der Waals surface area contributed by atoms with Crippen LogP contribution in [0.5, 0.6) is 0 Å². The van der Waals surface area contributed by atoms with Gasteiger partial charge in [-0.3, -0.25) is 4.68 Å². The van der Waals surface area contributed by atoms with E-state index in [9.17, 15) is 8.78 Å². The lowest BCUT2D eigenvalue weighted by Gasteiger charge is -2.06. The topological polar surface area (TPSA) is 50.4 Å². The Morgan fingerprint density at radius 1 is 1.24 bits per heavy atom. The third kappa shape index (κ3) is 2.24. The van der Waals surface area contributed by atoms with E-state index in [0.29, 0.717) is 11.1 Å². The second-order valence-electron chi connectivity index (χ2n) is 4.64. The maximum absolute atomic E-state index is 13.9. The minimum absolute atomic E-state index is 0.375. The number of nitrogens with zero attached hydrogens (tertiary/aromatic N) is 3. The number of aryl methyl sites for hydroxylation is 1. The zero-order valence-electron chi connectivity index (χ0n) is 11.1. The summed E-state index contributed by atoms with van der Waals surface area (Å²) in [6.45, 7) is 0. The summed E-state index contributed by atoms with van der Waals surface area (Å²) in [7, 11) is 1.78. The second-order valence-corrected chi connectivity index (χ2v) is 4.64. The molecule has 0 aliphatic carbocycles. The quantitative estimate of drug-likeness (QED) is 0.446. The first-order chi connectivity index (χ1) is 10.1. The first-order valence-corrected chi connectivity index (χ1v) is 6.19. The molecular weight excluding hydrogens is 276 g/mol. The van der Waals surface area contributed by atoms with Crippen molar-refractivity contribution >= 4 is 17.1 Å². The summed E-state index contributed by atoms with van der Waals surface area (Å²) in [6.07, 6.45) is 2.53. The van der Waals surface area contributed by atoms with Crippen LogP contribution in [0.1, 0.15) is 5.56 Å². The molecule has 0 bridgehead atoms. The summed E-state index contributed by atoms with van der Waals surface area (Å²) < 4.78 is 29.5. The van der Waals surface area contributed by atoms with Crippen molar-refractivity contribution in [2.45, 2.75) is 0 Å². The molecule has 3 rings (SSSR count). The van der Waals surface area contributed by atoms with Gasteiger partial charge in [-0.05, 0) is 29.3 Å². The maximum Gasteiger partial charge on any atom is 0.135 e. The molecule has 6 heteroatoms. The molecule has 0 fully saturated rings. The second kappa shape index (κ2) is 4.97. The van der Waals surface area contributed by atoms with Gasteiger partial charge in [-0.1, -0.05) is 17.3 Å². The van der Waals surface area contributed by atoms with Gasteiger partial charge in [0, 0.05) is 18.6 Å². The van der Waals surface area contributed by atoms with Crippen LogP contribution >= 0.6 is 0 Å². The van der Waals surface area contributed by atoms with Crippen LogP contribution in [0, 0.1) is 11.6 Å². The van der Waals surface area contributed by atoms with Crippen molar-refractivity contribution in [2.24, 2.45) is 12.2 Å². The third-order valence-electron chi connectivity index (χ3n) is 3.24. The van der Waals surface area contributed by atoms with Gasteiger partial charge in [0.05, 0.1) is 17.3 Å². The lowest BCUT2D eigenvalue weighted by Crippen LogP contribution is -1.95. The van der Waals surface area contributed by atoms with Gasteiger partial charge in [-0.2, -0.15) is 5.10 Å². The minimum atomic E-state index is -0.788. The lowest BCUT2D eigenvalue weighted by molar-refractivity contribution is 0.321. The van der Waals surface area contributed by atoms with Gasteiger partial charge in [-0.15, -0.1) is 0 Å². The molecule has 2 aromatic carbocycles. The zero-order valence-corrected chi connectivity index (χ0v) is 11.1. The van der Waals surface area contributed by atoms with Gasteiger partial charge >= 0.3 is 0 Å². The summed E-state index contributed by atoms with van der Waals surface area (Å²) >= 11 is 0. The summed E-state index contributed by atoms with van der Waals surface area (Å²) in [5.74, 6) is -1.58. The van der Waals surface area contributed by atoms with E-state index in [2.05, 4.69) is 10.3 Å². The van der Waals surface area contributed by atoms with Crippen LogP contribution in [0.15, 0.2) is 41.7 Å². The van der Waals surface area contributed by atoms with Crippen molar-refractivity contribution in [3.8, 4) is 11.1 Å². The van der Waals surface area contributed by atoms with E-state index in [4.69, 9.17) is 5.21 Å². The molecule has 0 aliphatic rings. The number of aromatic nitrogens is 2. The Kier molecular flexibility index (Phi) is 3.13. The van der Waals surface area contributed by atoms with Crippen LogP contribution in [0.3, 0.4) is 0 Å². The number of halogens is 2. The van der Waals surface area contributed by atoms with Crippen molar-refractivity contribution in [3.63, 3.8) is 0 Å². The average Bonchev–Trinajstić information content (AvgIpc) is 2.82. The number of fused-ring (bicyclic) bond motifs is 1. The maximum atomic E-state index is 13.9. The Labute approximate surface area is 118 Å². The highest BCUT2D eigenvalue weighted by Gasteiger charge is 2.13. The highest BCUT2D eigenvalue weighted by atomic mass is 19.1. The number of hydrogen-bond acceptors (Lipinski definition) is 3. The molecule has 0 saturated carbocycles. The molecule has 1 N–H and O–H groups in total. The number of oxime groups is 1. The van der Waals surface area contributed by atoms with Gasteiger partial charge < -0.3 is 5.21 Å². The van der Waals surface area contributed by atoms with Crippen LogP contribution in [-0.2, 0) is 7.05 Å². The van der Waals surface area contributed by atoms with E-state index in [0.717, 1.165) is 17.1 Å². The van der Waals surface area contributed by atoms with Crippen molar-refractivity contribution in [1.29, 1.82) is 0 Å². The molecule has 106 valence electrons. The molecule has 0 saturated heterocycles. The summed E-state index contributed by atoms with van der Waals surface area (Å²) in [6, 6.07) is 7.81. The lowest BCUT2D eigenvalue weighted by atomic mass is 10.00. The molecule has 0 amide bonds. The average molecular weight is 287 g/mol. The molecular formula is C15H11F2N3O. The fourth-order valence-electron chi connectivity index (χ4n) is 2.33. The first-order valence-electron chi connectivity index (χ1n) is 6.19. The van der Waals surface area contributed by atoms with Gasteiger partial charge in [0.2, 0.25) is 0 Å². The van der Waals surface area contributed by atoms with Crippen molar-refractivity contribution < 1.29 is 14.0 Å². The first kappa shape index (κ1) is 13.2. The van der Waals surface area contributed by atoms with E-state index in [1.165, 1.54) is 12.1 Å². The molecule has 0 spiro atoms. The summed E-state index contributed by atoms with van der Waals surface area (Å²) in [5, 5.41) is 16.2. The molecule has 0 unspecified atom stereocenters. The highest BCUT2D eigenvalue weighted by molar-refractivity contribution is 5.95. The molecule has 1 heterocycles.